The number of nitrogens with two attached hydrogens (primary N) is 1. The highest BCUT2D eigenvalue weighted by Crippen LogP contribution is 2.18. The van der Waals surface area contributed by atoms with Crippen molar-refractivity contribution in [3.8, 4) is 0 Å². The summed E-state index contributed by atoms with van der Waals surface area (Å²) in [5.41, 5.74) is 2.50. The van der Waals surface area contributed by atoms with Gasteiger partial charge in [-0.15, -0.1) is 0 Å². The van der Waals surface area contributed by atoms with E-state index in [0.717, 1.165) is 25.4 Å². The zero-order valence-corrected chi connectivity index (χ0v) is 12.0. The molecule has 1 aliphatic heterocycles. The lowest BCUT2D eigenvalue weighted by Gasteiger charge is -2.26. The first kappa shape index (κ1) is 14.1. The van der Waals surface area contributed by atoms with Crippen LogP contribution in [0.2, 0.25) is 0 Å². The lowest BCUT2D eigenvalue weighted by molar-refractivity contribution is 0.568. The van der Waals surface area contributed by atoms with Crippen molar-refractivity contribution < 1.29 is 0 Å². The largest absolute Gasteiger partial charge is 0.353 e. The average Bonchev–Trinajstić information content (AvgIpc) is 2.48. The van der Waals surface area contributed by atoms with Gasteiger partial charge in [0.2, 0.25) is 17.8 Å². The van der Waals surface area contributed by atoms with E-state index in [2.05, 4.69) is 36.9 Å². The number of aromatic nitrogens is 3. The molecule has 0 aliphatic carbocycles. The molecule has 1 aromatic rings. The molecule has 1 fully saturated rings. The molecule has 106 valence electrons. The van der Waals surface area contributed by atoms with E-state index in [1.165, 1.54) is 19.3 Å². The van der Waals surface area contributed by atoms with Gasteiger partial charge in [-0.05, 0) is 25.5 Å². The molecule has 0 bridgehead atoms. The summed E-state index contributed by atoms with van der Waals surface area (Å²) < 4.78 is 0. The first-order valence-corrected chi connectivity index (χ1v) is 7.93. The Hall–Kier alpha value is -1.28. The Labute approximate surface area is 117 Å². The number of nitrogens with zero attached hydrogens (tertiary/aromatic N) is 4. The molecule has 0 spiro atoms. The maximum Gasteiger partial charge on any atom is 0.243 e. The van der Waals surface area contributed by atoms with Crippen molar-refractivity contribution in [3.63, 3.8) is 0 Å². The van der Waals surface area contributed by atoms with E-state index in [9.17, 15) is 0 Å². The van der Waals surface area contributed by atoms with E-state index in [0.29, 0.717) is 17.8 Å². The summed E-state index contributed by atoms with van der Waals surface area (Å²) in [4.78, 5) is 15.2. The van der Waals surface area contributed by atoms with Crippen molar-refractivity contribution in [2.75, 3.05) is 47.3 Å². The minimum Gasteiger partial charge on any atom is -0.353 e. The number of hydrogen-bond acceptors (Lipinski definition) is 8. The SMILES string of the molecule is CSCCNc1nc(NN)nc(N2CCCCC2)n1. The van der Waals surface area contributed by atoms with Crippen molar-refractivity contribution in [3.05, 3.63) is 0 Å². The number of thioether (sulfide) groups is 1. The van der Waals surface area contributed by atoms with Crippen LogP contribution in [-0.2, 0) is 0 Å². The van der Waals surface area contributed by atoms with Gasteiger partial charge in [-0.3, -0.25) is 5.43 Å². The molecule has 1 aromatic heterocycles. The summed E-state index contributed by atoms with van der Waals surface area (Å²) in [6.45, 7) is 2.82. The predicted octanol–water partition coefficient (Wildman–Crippen LogP) is 0.922. The zero-order chi connectivity index (χ0) is 13.5. The van der Waals surface area contributed by atoms with E-state index in [-0.39, 0.29) is 0 Å². The Kier molecular flexibility index (Phi) is 5.46. The quantitative estimate of drug-likeness (QED) is 0.403. The van der Waals surface area contributed by atoms with Crippen LogP contribution in [0, 0.1) is 0 Å². The fraction of sp³-hybridized carbons (Fsp3) is 0.727. The summed E-state index contributed by atoms with van der Waals surface area (Å²) in [7, 11) is 0. The summed E-state index contributed by atoms with van der Waals surface area (Å²) >= 11 is 1.78. The van der Waals surface area contributed by atoms with Crippen LogP contribution >= 0.6 is 11.8 Å². The van der Waals surface area contributed by atoms with Gasteiger partial charge in [0.15, 0.2) is 0 Å². The van der Waals surface area contributed by atoms with Crippen molar-refractivity contribution in [2.24, 2.45) is 5.84 Å². The second-order valence-electron chi connectivity index (χ2n) is 4.39. The van der Waals surface area contributed by atoms with Gasteiger partial charge in [0.05, 0.1) is 0 Å². The van der Waals surface area contributed by atoms with E-state index in [1.807, 2.05) is 0 Å². The Morgan fingerprint density at radius 1 is 1.16 bits per heavy atom. The lowest BCUT2D eigenvalue weighted by atomic mass is 10.1. The molecule has 19 heavy (non-hydrogen) atoms. The topological polar surface area (TPSA) is 92.0 Å². The molecule has 1 saturated heterocycles. The third-order valence-corrected chi connectivity index (χ3v) is 3.59. The number of anilines is 3. The van der Waals surface area contributed by atoms with Crippen molar-refractivity contribution in [2.45, 2.75) is 19.3 Å². The van der Waals surface area contributed by atoms with Crippen LogP contribution in [0.25, 0.3) is 0 Å². The maximum absolute atomic E-state index is 5.42. The van der Waals surface area contributed by atoms with E-state index < -0.39 is 0 Å². The van der Waals surface area contributed by atoms with Gasteiger partial charge >= 0.3 is 0 Å². The summed E-state index contributed by atoms with van der Waals surface area (Å²) in [6, 6.07) is 0. The molecule has 1 aliphatic rings. The van der Waals surface area contributed by atoms with Crippen LogP contribution in [0.15, 0.2) is 0 Å². The van der Waals surface area contributed by atoms with Gasteiger partial charge < -0.3 is 10.2 Å². The summed E-state index contributed by atoms with van der Waals surface area (Å²) in [6.07, 6.45) is 5.72. The Morgan fingerprint density at radius 2 is 1.89 bits per heavy atom. The summed E-state index contributed by atoms with van der Waals surface area (Å²) in [5, 5.41) is 3.19. The number of nitrogen functional groups attached to an aromatic ring is 1. The minimum absolute atomic E-state index is 0.405. The predicted molar refractivity (Wildman–Crippen MR) is 80.6 cm³/mol. The Balaban J connectivity index is 2.10. The van der Waals surface area contributed by atoms with Crippen LogP contribution in [0.5, 0.6) is 0 Å². The van der Waals surface area contributed by atoms with Gasteiger partial charge in [0, 0.05) is 25.4 Å². The zero-order valence-electron chi connectivity index (χ0n) is 11.2. The fourth-order valence-electron chi connectivity index (χ4n) is 2.01. The maximum atomic E-state index is 5.42. The van der Waals surface area contributed by atoms with Crippen LogP contribution in [-0.4, -0.2) is 46.6 Å². The Bertz CT molecular complexity index is 395. The van der Waals surface area contributed by atoms with Gasteiger partial charge in [0.25, 0.3) is 0 Å². The molecule has 0 radical (unpaired) electrons. The number of nitrogens with one attached hydrogen (secondary N) is 2. The molecule has 0 saturated carbocycles. The van der Waals surface area contributed by atoms with Gasteiger partial charge in [-0.2, -0.15) is 26.7 Å². The van der Waals surface area contributed by atoms with E-state index in [1.54, 1.807) is 11.8 Å². The second-order valence-corrected chi connectivity index (χ2v) is 5.38. The molecule has 0 atom stereocenters. The van der Waals surface area contributed by atoms with Gasteiger partial charge in [0.1, 0.15) is 0 Å². The first-order valence-electron chi connectivity index (χ1n) is 6.54. The van der Waals surface area contributed by atoms with Gasteiger partial charge in [-0.25, -0.2) is 5.84 Å². The normalized spacial score (nSPS) is 15.4. The van der Waals surface area contributed by atoms with Crippen LogP contribution in [0.4, 0.5) is 17.8 Å². The molecule has 0 amide bonds. The minimum atomic E-state index is 0.405. The van der Waals surface area contributed by atoms with Crippen molar-refractivity contribution in [1.29, 1.82) is 0 Å². The van der Waals surface area contributed by atoms with E-state index >= 15 is 0 Å². The third-order valence-electron chi connectivity index (χ3n) is 2.98. The molecule has 7 nitrogen and oxygen atoms in total. The molecule has 2 heterocycles. The number of rotatable bonds is 6. The van der Waals surface area contributed by atoms with Crippen LogP contribution in [0.1, 0.15) is 19.3 Å². The van der Waals surface area contributed by atoms with Crippen molar-refractivity contribution in [1.82, 2.24) is 15.0 Å². The number of hydrazine groups is 1. The second kappa shape index (κ2) is 7.34. The van der Waals surface area contributed by atoms with E-state index in [4.69, 9.17) is 5.84 Å². The Morgan fingerprint density at radius 3 is 2.58 bits per heavy atom. The standard InChI is InChI=1S/C11H21N7S/c1-19-8-5-13-9-14-10(17-12)16-11(15-9)18-6-3-2-4-7-18/h2-8,12H2,1H3,(H2,13,14,15,16,17). The monoisotopic (exact) mass is 283 g/mol. The number of piperidine rings is 1. The average molecular weight is 283 g/mol. The van der Waals surface area contributed by atoms with Crippen molar-refractivity contribution >= 4 is 29.6 Å². The molecule has 0 aromatic carbocycles. The molecule has 4 N–H and O–H groups in total. The van der Waals surface area contributed by atoms with Gasteiger partial charge in [-0.1, -0.05) is 0 Å². The lowest BCUT2D eigenvalue weighted by Crippen LogP contribution is -2.31. The fourth-order valence-corrected chi connectivity index (χ4v) is 2.31. The first-order chi connectivity index (χ1) is 9.33. The smallest absolute Gasteiger partial charge is 0.243 e. The summed E-state index contributed by atoms with van der Waals surface area (Å²) in [5.74, 6) is 8.12. The highest BCUT2D eigenvalue weighted by molar-refractivity contribution is 7.98. The molecule has 8 heteroatoms. The molecule has 0 unspecified atom stereocenters. The number of hydrogen-bond donors (Lipinski definition) is 3. The molecular formula is C11H21N7S. The third kappa shape index (κ3) is 4.10. The highest BCUT2D eigenvalue weighted by atomic mass is 32.2. The van der Waals surface area contributed by atoms with Crippen LogP contribution < -0.4 is 21.5 Å². The highest BCUT2D eigenvalue weighted by Gasteiger charge is 2.15. The van der Waals surface area contributed by atoms with Crippen LogP contribution in [0.3, 0.4) is 0 Å². The molecule has 2 rings (SSSR count). The molecular weight excluding hydrogens is 262 g/mol.